The summed E-state index contributed by atoms with van der Waals surface area (Å²) in [4.78, 5) is 4.34. The molecule has 0 saturated carbocycles. The second-order valence-corrected chi connectivity index (χ2v) is 2.87. The first-order valence-electron chi connectivity index (χ1n) is 3.53. The minimum absolute atomic E-state index is 0.106. The number of benzene rings is 1. The van der Waals surface area contributed by atoms with Crippen LogP contribution in [0.5, 0.6) is 0 Å². The highest BCUT2D eigenvalue weighted by atomic mass is 35.5. The van der Waals surface area contributed by atoms with Crippen LogP contribution in [-0.4, -0.2) is 0 Å². The molecule has 0 bridgehead atoms. The molecule has 13 heavy (non-hydrogen) atoms. The molecule has 2 N–H and O–H groups in total. The molecule has 0 heterocycles. The smallest absolute Gasteiger partial charge is 0.263 e. The van der Waals surface area contributed by atoms with Gasteiger partial charge in [-0.2, -0.15) is 0 Å². The normalized spacial score (nSPS) is 10.8. The van der Waals surface area contributed by atoms with Crippen molar-refractivity contribution in [3.05, 3.63) is 34.3 Å². The van der Waals surface area contributed by atoms with Crippen LogP contribution in [-0.2, 0) is 11.4 Å². The Labute approximate surface area is 79.2 Å². The lowest BCUT2D eigenvalue weighted by Gasteiger charge is -2.04. The van der Waals surface area contributed by atoms with Crippen LogP contribution in [0.1, 0.15) is 17.6 Å². The summed E-state index contributed by atoms with van der Waals surface area (Å²) in [6.45, 7) is 0.113. The van der Waals surface area contributed by atoms with E-state index < -0.39 is 6.43 Å². The van der Waals surface area contributed by atoms with E-state index in [2.05, 4.69) is 4.84 Å². The van der Waals surface area contributed by atoms with Crippen LogP contribution >= 0.6 is 11.6 Å². The first-order valence-corrected chi connectivity index (χ1v) is 3.91. The summed E-state index contributed by atoms with van der Waals surface area (Å²) in [5.74, 6) is 4.82. The standard InChI is InChI=1S/C8H8ClF2NO/c9-7-3-5(8(10)11)1-2-6(7)4-13-12/h1-3,8H,4,12H2. The zero-order valence-corrected chi connectivity index (χ0v) is 7.39. The Morgan fingerprint density at radius 2 is 2.15 bits per heavy atom. The maximum absolute atomic E-state index is 12.2. The summed E-state index contributed by atoms with van der Waals surface area (Å²) in [6.07, 6.45) is -2.51. The van der Waals surface area contributed by atoms with Crippen LogP contribution in [0.15, 0.2) is 18.2 Å². The molecule has 1 aromatic rings. The Balaban J connectivity index is 2.92. The van der Waals surface area contributed by atoms with Crippen LogP contribution in [0.3, 0.4) is 0 Å². The quantitative estimate of drug-likeness (QED) is 0.774. The average molecular weight is 208 g/mol. The van der Waals surface area contributed by atoms with E-state index in [4.69, 9.17) is 17.5 Å². The van der Waals surface area contributed by atoms with Gasteiger partial charge in [0.05, 0.1) is 6.61 Å². The summed E-state index contributed by atoms with van der Waals surface area (Å²) in [7, 11) is 0. The maximum atomic E-state index is 12.2. The van der Waals surface area contributed by atoms with Gasteiger partial charge < -0.3 is 0 Å². The molecule has 0 aliphatic heterocycles. The molecule has 0 amide bonds. The predicted octanol–water partition coefficient (Wildman–Crippen LogP) is 2.67. The lowest BCUT2D eigenvalue weighted by molar-refractivity contribution is 0.124. The average Bonchev–Trinajstić information content (AvgIpc) is 2.08. The first-order chi connectivity index (χ1) is 6.15. The predicted molar refractivity (Wildman–Crippen MR) is 45.4 cm³/mol. The van der Waals surface area contributed by atoms with Crippen LogP contribution in [0.25, 0.3) is 0 Å². The van der Waals surface area contributed by atoms with Crippen molar-refractivity contribution < 1.29 is 13.6 Å². The summed E-state index contributed by atoms with van der Waals surface area (Å²) in [5, 5.41) is 0.239. The van der Waals surface area contributed by atoms with Crippen molar-refractivity contribution in [2.45, 2.75) is 13.0 Å². The van der Waals surface area contributed by atoms with Crippen LogP contribution in [0.4, 0.5) is 8.78 Å². The Bertz CT molecular complexity index is 293. The Morgan fingerprint density at radius 1 is 1.46 bits per heavy atom. The zero-order valence-electron chi connectivity index (χ0n) is 6.64. The lowest BCUT2D eigenvalue weighted by Crippen LogP contribution is -1.99. The van der Waals surface area contributed by atoms with Crippen LogP contribution in [0, 0.1) is 0 Å². The number of rotatable bonds is 3. The summed E-state index contributed by atoms with van der Waals surface area (Å²) in [6, 6.07) is 3.97. The second kappa shape index (κ2) is 4.50. The highest BCUT2D eigenvalue weighted by Gasteiger charge is 2.09. The molecule has 0 aliphatic carbocycles. The molecule has 72 valence electrons. The van der Waals surface area contributed by atoms with Gasteiger partial charge in [0.2, 0.25) is 0 Å². The molecule has 0 atom stereocenters. The monoisotopic (exact) mass is 207 g/mol. The third-order valence-electron chi connectivity index (χ3n) is 1.57. The van der Waals surface area contributed by atoms with Gasteiger partial charge in [-0.1, -0.05) is 23.7 Å². The molecule has 5 heteroatoms. The molecule has 1 rings (SSSR count). The van der Waals surface area contributed by atoms with Gasteiger partial charge in [-0.15, -0.1) is 0 Å². The Hall–Kier alpha value is -0.710. The van der Waals surface area contributed by atoms with Gasteiger partial charge in [0.1, 0.15) is 0 Å². The van der Waals surface area contributed by atoms with Crippen molar-refractivity contribution in [1.82, 2.24) is 0 Å². The fraction of sp³-hybridized carbons (Fsp3) is 0.250. The van der Waals surface area contributed by atoms with Crippen LogP contribution in [0.2, 0.25) is 5.02 Å². The van der Waals surface area contributed by atoms with Gasteiger partial charge in [0.25, 0.3) is 6.43 Å². The first kappa shape index (κ1) is 10.4. The second-order valence-electron chi connectivity index (χ2n) is 2.46. The number of hydrogen-bond donors (Lipinski definition) is 1. The van der Waals surface area contributed by atoms with E-state index >= 15 is 0 Å². The molecule has 1 aromatic carbocycles. The molecule has 0 unspecified atom stereocenters. The van der Waals surface area contributed by atoms with Gasteiger partial charge in [-0.05, 0) is 11.6 Å². The fourth-order valence-electron chi connectivity index (χ4n) is 0.906. The summed E-state index contributed by atoms with van der Waals surface area (Å²) in [5.41, 5.74) is 0.485. The molecule has 2 nitrogen and oxygen atoms in total. The number of alkyl halides is 2. The van der Waals surface area contributed by atoms with Gasteiger partial charge in [-0.25, -0.2) is 14.7 Å². The van der Waals surface area contributed by atoms with E-state index in [0.29, 0.717) is 5.56 Å². The third-order valence-corrected chi connectivity index (χ3v) is 1.92. The van der Waals surface area contributed by atoms with Crippen molar-refractivity contribution >= 4 is 11.6 Å². The molecule has 0 aliphatic rings. The zero-order chi connectivity index (χ0) is 9.84. The van der Waals surface area contributed by atoms with Crippen molar-refractivity contribution in [3.8, 4) is 0 Å². The van der Waals surface area contributed by atoms with Crippen molar-refractivity contribution in [2.75, 3.05) is 0 Å². The molecule has 0 saturated heterocycles. The number of hydrogen-bond acceptors (Lipinski definition) is 2. The molecule has 0 aromatic heterocycles. The number of halogens is 3. The van der Waals surface area contributed by atoms with Crippen LogP contribution < -0.4 is 5.90 Å². The fourth-order valence-corrected chi connectivity index (χ4v) is 1.15. The highest BCUT2D eigenvalue weighted by molar-refractivity contribution is 6.31. The van der Waals surface area contributed by atoms with Crippen molar-refractivity contribution in [1.29, 1.82) is 0 Å². The SMILES string of the molecule is NOCc1ccc(C(F)F)cc1Cl. The van der Waals surface area contributed by atoms with E-state index in [1.807, 2.05) is 0 Å². The Kier molecular flexibility index (Phi) is 3.59. The van der Waals surface area contributed by atoms with E-state index in [1.165, 1.54) is 18.2 Å². The topological polar surface area (TPSA) is 35.2 Å². The molecular formula is C8H8ClF2NO. The van der Waals surface area contributed by atoms with E-state index in [0.717, 1.165) is 0 Å². The Morgan fingerprint density at radius 3 is 2.62 bits per heavy atom. The van der Waals surface area contributed by atoms with Gasteiger partial charge in [0, 0.05) is 10.6 Å². The molecule has 0 fully saturated rings. The van der Waals surface area contributed by atoms with Crippen molar-refractivity contribution in [3.63, 3.8) is 0 Å². The third kappa shape index (κ3) is 2.62. The summed E-state index contributed by atoms with van der Waals surface area (Å²) < 4.78 is 24.3. The molecular weight excluding hydrogens is 200 g/mol. The van der Waals surface area contributed by atoms with Gasteiger partial charge >= 0.3 is 0 Å². The molecule has 0 radical (unpaired) electrons. The summed E-state index contributed by atoms with van der Waals surface area (Å²) >= 11 is 5.68. The lowest BCUT2D eigenvalue weighted by atomic mass is 10.1. The van der Waals surface area contributed by atoms with Gasteiger partial charge in [0.15, 0.2) is 0 Å². The molecule has 0 spiro atoms. The van der Waals surface area contributed by atoms with E-state index in [1.54, 1.807) is 0 Å². The number of nitrogens with two attached hydrogens (primary N) is 1. The van der Waals surface area contributed by atoms with Crippen molar-refractivity contribution in [2.24, 2.45) is 5.90 Å². The maximum Gasteiger partial charge on any atom is 0.263 e. The largest absolute Gasteiger partial charge is 0.300 e. The minimum Gasteiger partial charge on any atom is -0.300 e. The van der Waals surface area contributed by atoms with E-state index in [-0.39, 0.29) is 17.2 Å². The van der Waals surface area contributed by atoms with Gasteiger partial charge in [-0.3, -0.25) is 4.84 Å². The van der Waals surface area contributed by atoms with E-state index in [9.17, 15) is 8.78 Å². The highest BCUT2D eigenvalue weighted by Crippen LogP contribution is 2.24. The minimum atomic E-state index is -2.51.